The first-order chi connectivity index (χ1) is 14.6. The lowest BCUT2D eigenvalue weighted by atomic mass is 10.1. The van der Waals surface area contributed by atoms with Crippen LogP contribution >= 0.6 is 11.8 Å². The van der Waals surface area contributed by atoms with Crippen LogP contribution in [0, 0.1) is 19.8 Å². The maximum Gasteiger partial charge on any atom is 0.332 e. The maximum absolute atomic E-state index is 13.0. The molecule has 9 nitrogen and oxygen atoms in total. The molecule has 164 valence electrons. The summed E-state index contributed by atoms with van der Waals surface area (Å²) in [4.78, 5) is 38.0. The molecule has 0 fully saturated rings. The fourth-order valence-electron chi connectivity index (χ4n) is 3.35. The van der Waals surface area contributed by atoms with Crippen molar-refractivity contribution in [2.75, 3.05) is 11.5 Å². The average Bonchev–Trinajstić information content (AvgIpc) is 3.16. The van der Waals surface area contributed by atoms with Crippen molar-refractivity contribution in [3.8, 4) is 5.69 Å². The molecule has 0 saturated carbocycles. The number of nitrogen functional groups attached to an aromatic ring is 1. The van der Waals surface area contributed by atoms with Gasteiger partial charge in [0.15, 0.2) is 10.9 Å². The highest BCUT2D eigenvalue weighted by Gasteiger charge is 2.23. The molecule has 3 rings (SSSR count). The Balaban J connectivity index is 1.91. The Bertz CT molecular complexity index is 1250. The van der Waals surface area contributed by atoms with Crippen LogP contribution in [-0.2, 0) is 13.6 Å². The van der Waals surface area contributed by atoms with Crippen LogP contribution in [0.1, 0.15) is 35.3 Å². The van der Waals surface area contributed by atoms with Crippen LogP contribution in [0.3, 0.4) is 0 Å². The molecule has 0 atom stereocenters. The van der Waals surface area contributed by atoms with Gasteiger partial charge in [-0.1, -0.05) is 43.3 Å². The van der Waals surface area contributed by atoms with Crippen molar-refractivity contribution in [3.05, 3.63) is 62.1 Å². The monoisotopic (exact) mass is 442 g/mol. The average molecular weight is 443 g/mol. The topological polar surface area (TPSA) is 118 Å². The molecular weight excluding hydrogens is 416 g/mol. The number of carbonyl (C=O) groups is 1. The Kier molecular flexibility index (Phi) is 6.49. The molecule has 0 radical (unpaired) electrons. The van der Waals surface area contributed by atoms with Gasteiger partial charge in [-0.3, -0.25) is 23.3 Å². The maximum atomic E-state index is 13.0. The number of thioether (sulfide) groups is 1. The second-order valence-electron chi connectivity index (χ2n) is 7.90. The molecule has 10 heteroatoms. The van der Waals surface area contributed by atoms with Crippen LogP contribution in [0.5, 0.6) is 0 Å². The zero-order valence-electron chi connectivity index (χ0n) is 18.2. The van der Waals surface area contributed by atoms with E-state index < -0.39 is 17.0 Å². The normalized spacial score (nSPS) is 11.3. The highest BCUT2D eigenvalue weighted by molar-refractivity contribution is 7.99. The predicted octanol–water partition coefficient (Wildman–Crippen LogP) is 1.96. The molecule has 0 aliphatic rings. The number of aromatic nitrogens is 5. The van der Waals surface area contributed by atoms with Gasteiger partial charge in [-0.05, 0) is 31.4 Å². The lowest BCUT2D eigenvalue weighted by molar-refractivity contribution is 0.102. The minimum atomic E-state index is -0.691. The first-order valence-electron chi connectivity index (χ1n) is 9.84. The van der Waals surface area contributed by atoms with Crippen LogP contribution < -0.4 is 17.0 Å². The smallest absolute Gasteiger partial charge is 0.332 e. The van der Waals surface area contributed by atoms with E-state index in [1.807, 2.05) is 39.8 Å². The molecule has 0 unspecified atom stereocenters. The number of rotatable bonds is 7. The van der Waals surface area contributed by atoms with Crippen LogP contribution in [0.2, 0.25) is 0 Å². The van der Waals surface area contributed by atoms with Gasteiger partial charge in [-0.15, -0.1) is 10.2 Å². The Morgan fingerprint density at radius 3 is 2.58 bits per heavy atom. The highest BCUT2D eigenvalue weighted by atomic mass is 32.2. The van der Waals surface area contributed by atoms with Crippen LogP contribution in [0.25, 0.3) is 5.69 Å². The van der Waals surface area contributed by atoms with Gasteiger partial charge in [-0.25, -0.2) is 4.79 Å². The molecule has 31 heavy (non-hydrogen) atoms. The summed E-state index contributed by atoms with van der Waals surface area (Å²) < 4.78 is 4.00. The quantitative estimate of drug-likeness (QED) is 0.439. The summed E-state index contributed by atoms with van der Waals surface area (Å²) in [5, 5.41) is 8.59. The predicted molar refractivity (Wildman–Crippen MR) is 121 cm³/mol. The van der Waals surface area contributed by atoms with Crippen molar-refractivity contribution in [1.29, 1.82) is 0 Å². The third-order valence-corrected chi connectivity index (χ3v) is 5.81. The first-order valence-corrected chi connectivity index (χ1v) is 10.8. The number of carbonyl (C=O) groups excluding carboxylic acids is 1. The number of anilines is 1. The molecule has 2 aromatic heterocycles. The van der Waals surface area contributed by atoms with E-state index in [0.717, 1.165) is 33.1 Å². The molecule has 1 aromatic carbocycles. The van der Waals surface area contributed by atoms with Crippen molar-refractivity contribution < 1.29 is 4.79 Å². The number of hydrogen-bond acceptors (Lipinski definition) is 7. The number of hydrogen-bond donors (Lipinski definition) is 1. The molecule has 0 amide bonds. The van der Waals surface area contributed by atoms with Crippen LogP contribution in [-0.4, -0.2) is 35.4 Å². The molecule has 0 aliphatic heterocycles. The van der Waals surface area contributed by atoms with Crippen molar-refractivity contribution in [2.24, 2.45) is 13.0 Å². The molecule has 0 spiro atoms. The highest BCUT2D eigenvalue weighted by Crippen LogP contribution is 2.23. The fraction of sp³-hybridized carbons (Fsp3) is 0.381. The SMILES string of the molecule is Cc1ccc(-n2cnnc2SCC(=O)c2c(N)n(CC(C)C)c(=O)n(C)c2=O)c(C)c1. The summed E-state index contributed by atoms with van der Waals surface area (Å²) in [5.74, 6) is -0.506. The second kappa shape index (κ2) is 8.93. The standard InChI is InChI=1S/C21H26N6O3S/c1-12(2)9-26-18(22)17(19(29)25(5)21(26)30)16(28)10-31-20-24-23-11-27(20)15-7-6-13(3)8-14(15)4/h6-8,11-12H,9-10,22H2,1-5H3. The van der Waals surface area contributed by atoms with Crippen molar-refractivity contribution in [3.63, 3.8) is 0 Å². The molecule has 2 N–H and O–H groups in total. The van der Waals surface area contributed by atoms with Crippen molar-refractivity contribution >= 4 is 23.4 Å². The zero-order chi connectivity index (χ0) is 22.9. The van der Waals surface area contributed by atoms with Gasteiger partial charge in [0.1, 0.15) is 17.7 Å². The van der Waals surface area contributed by atoms with E-state index in [1.54, 1.807) is 10.9 Å². The minimum Gasteiger partial charge on any atom is -0.384 e. The molecule has 3 aromatic rings. The van der Waals surface area contributed by atoms with Gasteiger partial charge in [0.25, 0.3) is 5.56 Å². The summed E-state index contributed by atoms with van der Waals surface area (Å²) in [7, 11) is 1.35. The van der Waals surface area contributed by atoms with Gasteiger partial charge in [0.05, 0.1) is 11.4 Å². The molecular formula is C21H26N6O3S. The largest absolute Gasteiger partial charge is 0.384 e. The Labute approximate surface area is 183 Å². The van der Waals surface area contributed by atoms with E-state index in [0.29, 0.717) is 11.7 Å². The summed E-state index contributed by atoms with van der Waals surface area (Å²) >= 11 is 1.16. The van der Waals surface area contributed by atoms with Crippen molar-refractivity contribution in [1.82, 2.24) is 23.9 Å². The van der Waals surface area contributed by atoms with Crippen LogP contribution in [0.4, 0.5) is 5.82 Å². The van der Waals surface area contributed by atoms with Gasteiger partial charge in [0.2, 0.25) is 0 Å². The number of nitrogens with two attached hydrogens (primary N) is 1. The van der Waals surface area contributed by atoms with E-state index in [9.17, 15) is 14.4 Å². The summed E-state index contributed by atoms with van der Waals surface area (Å²) in [5.41, 5.74) is 7.79. The minimum absolute atomic E-state index is 0.0665. The number of benzene rings is 1. The Hall–Kier alpha value is -3.14. The van der Waals surface area contributed by atoms with Gasteiger partial charge in [0, 0.05) is 13.6 Å². The van der Waals surface area contributed by atoms with Gasteiger partial charge < -0.3 is 5.73 Å². The van der Waals surface area contributed by atoms with E-state index in [-0.39, 0.29) is 23.1 Å². The van der Waals surface area contributed by atoms with Crippen molar-refractivity contribution in [2.45, 2.75) is 39.4 Å². The first kappa shape index (κ1) is 22.5. The third kappa shape index (κ3) is 4.48. The summed E-state index contributed by atoms with van der Waals surface area (Å²) in [6.07, 6.45) is 1.58. The number of nitrogens with zero attached hydrogens (tertiary/aromatic N) is 5. The second-order valence-corrected chi connectivity index (χ2v) is 8.84. The number of ketones is 1. The Morgan fingerprint density at radius 2 is 1.94 bits per heavy atom. The molecule has 0 bridgehead atoms. The molecule has 2 heterocycles. The number of aryl methyl sites for hydroxylation is 2. The lowest BCUT2D eigenvalue weighted by Crippen LogP contribution is -2.43. The number of Topliss-reactive ketones (excluding diaryl/α,β-unsaturated/α-hetero) is 1. The molecule has 0 aliphatic carbocycles. The molecule has 0 saturated heterocycles. The van der Waals surface area contributed by atoms with Gasteiger partial charge >= 0.3 is 5.69 Å². The van der Waals surface area contributed by atoms with E-state index in [4.69, 9.17) is 5.73 Å². The zero-order valence-corrected chi connectivity index (χ0v) is 19.1. The summed E-state index contributed by atoms with van der Waals surface area (Å²) in [6, 6.07) is 6.01. The third-order valence-electron chi connectivity index (χ3n) is 4.87. The fourth-order valence-corrected chi connectivity index (χ4v) is 4.15. The summed E-state index contributed by atoms with van der Waals surface area (Å²) in [6.45, 7) is 8.17. The van der Waals surface area contributed by atoms with E-state index >= 15 is 0 Å². The van der Waals surface area contributed by atoms with Crippen LogP contribution in [0.15, 0.2) is 39.3 Å². The van der Waals surface area contributed by atoms with E-state index in [2.05, 4.69) is 16.3 Å². The van der Waals surface area contributed by atoms with Gasteiger partial charge in [-0.2, -0.15) is 0 Å². The Morgan fingerprint density at radius 1 is 1.23 bits per heavy atom. The van der Waals surface area contributed by atoms with E-state index in [1.165, 1.54) is 11.6 Å². The lowest BCUT2D eigenvalue weighted by Gasteiger charge is -2.16.